The van der Waals surface area contributed by atoms with Crippen molar-refractivity contribution in [1.82, 2.24) is 5.32 Å². The first kappa shape index (κ1) is 30.2. The van der Waals surface area contributed by atoms with Crippen molar-refractivity contribution in [1.29, 1.82) is 5.41 Å². The molecule has 0 spiro atoms. The number of rotatable bonds is 12. The summed E-state index contributed by atoms with van der Waals surface area (Å²) in [5, 5.41) is 22.1. The van der Waals surface area contributed by atoms with Crippen molar-refractivity contribution in [2.24, 2.45) is 11.5 Å². The van der Waals surface area contributed by atoms with Gasteiger partial charge < -0.3 is 27.2 Å². The average molecular weight is 590 g/mol. The first-order valence-corrected chi connectivity index (χ1v) is 15.5. The summed E-state index contributed by atoms with van der Waals surface area (Å²) in [5.74, 6) is -1.24. The van der Waals surface area contributed by atoms with E-state index in [0.29, 0.717) is 51.7 Å². The first-order valence-electron chi connectivity index (χ1n) is 12.0. The van der Waals surface area contributed by atoms with Gasteiger partial charge in [0, 0.05) is 12.1 Å². The van der Waals surface area contributed by atoms with E-state index >= 15 is 0 Å². The molecule has 0 radical (unpaired) electrons. The van der Waals surface area contributed by atoms with E-state index < -0.39 is 27.9 Å². The largest absolute Gasteiger partial charge is 0.480 e. The van der Waals surface area contributed by atoms with Gasteiger partial charge >= 0.3 is 12.0 Å². The number of carbonyl (C=O) groups excluding carboxylic acids is 1. The molecule has 3 rings (SSSR count). The number of carboxylic acids is 1. The molecule has 1 heterocycles. The highest BCUT2D eigenvalue weighted by atomic mass is 32.2. The molecule has 2 amide bonds. The number of amides is 2. The molecule has 1 unspecified atom stereocenters. The monoisotopic (exact) mass is 589 g/mol. The summed E-state index contributed by atoms with van der Waals surface area (Å²) in [6.07, 6.45) is 3.22. The van der Waals surface area contributed by atoms with Gasteiger partial charge in [0.05, 0.1) is 24.6 Å². The van der Waals surface area contributed by atoms with Crippen LogP contribution >= 0.6 is 23.1 Å². The molecule has 208 valence electrons. The van der Waals surface area contributed by atoms with Crippen LogP contribution in [0.2, 0.25) is 0 Å². The zero-order chi connectivity index (χ0) is 28.7. The van der Waals surface area contributed by atoms with E-state index in [1.807, 2.05) is 13.0 Å². The lowest BCUT2D eigenvalue weighted by Crippen LogP contribution is -2.31. The van der Waals surface area contributed by atoms with Crippen LogP contribution in [-0.2, 0) is 14.6 Å². The van der Waals surface area contributed by atoms with Crippen molar-refractivity contribution in [3.05, 3.63) is 59.0 Å². The van der Waals surface area contributed by atoms with Gasteiger partial charge in [-0.3, -0.25) is 10.2 Å². The number of urea groups is 1. The van der Waals surface area contributed by atoms with Crippen LogP contribution in [0.5, 0.6) is 0 Å². The maximum Gasteiger partial charge on any atom is 0.320 e. The van der Waals surface area contributed by atoms with Gasteiger partial charge in [0.15, 0.2) is 0 Å². The average Bonchev–Trinajstić information content (AvgIpc) is 3.34. The molecule has 2 aromatic carbocycles. The lowest BCUT2D eigenvalue weighted by molar-refractivity contribution is -0.138. The second kappa shape index (κ2) is 13.1. The number of sulfone groups is 1. The number of nitrogens with one attached hydrogen (secondary N) is 3. The molecule has 0 saturated heterocycles. The predicted molar refractivity (Wildman–Crippen MR) is 156 cm³/mol. The zero-order valence-electron chi connectivity index (χ0n) is 21.5. The highest BCUT2D eigenvalue weighted by Gasteiger charge is 2.25. The summed E-state index contributed by atoms with van der Waals surface area (Å²) in [4.78, 5) is 24.0. The second-order valence-corrected chi connectivity index (χ2v) is 12.8. The fourth-order valence-electron chi connectivity index (χ4n) is 3.90. The van der Waals surface area contributed by atoms with Crippen molar-refractivity contribution in [3.8, 4) is 11.1 Å². The van der Waals surface area contributed by atoms with Crippen molar-refractivity contribution in [2.45, 2.75) is 46.2 Å². The summed E-state index contributed by atoms with van der Waals surface area (Å²) in [6.45, 7) is 2.21. The highest BCUT2D eigenvalue weighted by molar-refractivity contribution is 8.01. The minimum absolute atomic E-state index is 0.0847. The van der Waals surface area contributed by atoms with Crippen LogP contribution in [0.15, 0.2) is 62.5 Å². The molecule has 0 aliphatic heterocycles. The molecule has 1 aromatic heterocycles. The number of benzene rings is 2. The molecule has 8 N–H and O–H groups in total. The maximum atomic E-state index is 13.6. The number of aliphatic carboxylic acids is 1. The fourth-order valence-corrected chi connectivity index (χ4v) is 7.80. The number of nitrogens with two attached hydrogens (primary N) is 2. The molecular weight excluding hydrogens is 559 g/mol. The Balaban J connectivity index is 1.83. The van der Waals surface area contributed by atoms with Gasteiger partial charge in [-0.2, -0.15) is 0 Å². The molecule has 13 heteroatoms. The molecule has 0 aliphatic carbocycles. The number of anilines is 1. The highest BCUT2D eigenvalue weighted by Crippen LogP contribution is 2.38. The quantitative estimate of drug-likeness (QED) is 0.0781. The van der Waals surface area contributed by atoms with Gasteiger partial charge in [-0.05, 0) is 67.8 Å². The molecule has 0 saturated carbocycles. The Bertz CT molecular complexity index is 1490. The lowest BCUT2D eigenvalue weighted by Gasteiger charge is -2.16. The third kappa shape index (κ3) is 7.38. The minimum atomic E-state index is -3.91. The van der Waals surface area contributed by atoms with E-state index in [9.17, 15) is 18.0 Å². The molecule has 3 aromatic rings. The Hall–Kier alpha value is -3.39. The molecule has 10 nitrogen and oxygen atoms in total. The van der Waals surface area contributed by atoms with E-state index in [1.54, 1.807) is 36.6 Å². The number of amidine groups is 1. The number of carbonyl (C=O) groups is 2. The SMILES string of the molecule is CSc1sc(C(=N)N)cc1S(=O)(=O)c1cccc(-c2c(C)cccc2NC(=O)NCCCCC(N)C(=O)O)c1. The van der Waals surface area contributed by atoms with Crippen LogP contribution < -0.4 is 22.1 Å². The van der Waals surface area contributed by atoms with Gasteiger partial charge in [-0.15, -0.1) is 23.1 Å². The molecule has 1 atom stereocenters. The zero-order valence-corrected chi connectivity index (χ0v) is 23.9. The third-order valence-electron chi connectivity index (χ3n) is 5.91. The Morgan fingerprint density at radius 3 is 2.54 bits per heavy atom. The Morgan fingerprint density at radius 1 is 1.15 bits per heavy atom. The van der Waals surface area contributed by atoms with Gasteiger partial charge in [0.1, 0.15) is 11.9 Å². The van der Waals surface area contributed by atoms with Gasteiger partial charge in [-0.1, -0.05) is 24.3 Å². The van der Waals surface area contributed by atoms with E-state index in [4.69, 9.17) is 22.0 Å². The van der Waals surface area contributed by atoms with Gasteiger partial charge in [0.2, 0.25) is 9.84 Å². The summed E-state index contributed by atoms with van der Waals surface area (Å²) >= 11 is 2.44. The predicted octanol–water partition coefficient (Wildman–Crippen LogP) is 4.27. The Kier molecular flexibility index (Phi) is 10.1. The third-order valence-corrected chi connectivity index (χ3v) is 10.2. The van der Waals surface area contributed by atoms with Crippen molar-refractivity contribution < 1.29 is 23.1 Å². The van der Waals surface area contributed by atoms with Crippen LogP contribution in [0.3, 0.4) is 0 Å². The van der Waals surface area contributed by atoms with Crippen LogP contribution in [0.1, 0.15) is 29.7 Å². The maximum absolute atomic E-state index is 13.6. The first-order chi connectivity index (χ1) is 18.4. The number of hydrogen-bond donors (Lipinski definition) is 6. The van der Waals surface area contributed by atoms with Crippen LogP contribution in [0, 0.1) is 12.3 Å². The van der Waals surface area contributed by atoms with E-state index in [1.165, 1.54) is 23.9 Å². The van der Waals surface area contributed by atoms with Crippen molar-refractivity contribution in [3.63, 3.8) is 0 Å². The van der Waals surface area contributed by atoms with E-state index in [2.05, 4.69) is 10.6 Å². The fraction of sp³-hybridized carbons (Fsp3) is 0.269. The topological polar surface area (TPSA) is 188 Å². The summed E-state index contributed by atoms with van der Waals surface area (Å²) in [5.41, 5.74) is 13.7. The van der Waals surface area contributed by atoms with Crippen molar-refractivity contribution >= 4 is 56.5 Å². The number of hydrogen-bond acceptors (Lipinski definition) is 8. The van der Waals surface area contributed by atoms with Crippen molar-refractivity contribution in [2.75, 3.05) is 18.1 Å². The summed E-state index contributed by atoms with van der Waals surface area (Å²) in [7, 11) is -3.91. The van der Waals surface area contributed by atoms with Crippen LogP contribution in [0.25, 0.3) is 11.1 Å². The smallest absolute Gasteiger partial charge is 0.320 e. The lowest BCUT2D eigenvalue weighted by atomic mass is 9.98. The van der Waals surface area contributed by atoms with Gasteiger partial charge in [0.25, 0.3) is 0 Å². The minimum Gasteiger partial charge on any atom is -0.480 e. The van der Waals surface area contributed by atoms with E-state index in [0.717, 1.165) is 16.9 Å². The standard InChI is InChI=1S/C26H31N5O5S3/c1-15-7-5-11-19(31-26(34)30-12-4-3-10-18(27)24(32)33)22(15)16-8-6-9-17(13-16)39(35,36)21-14-20(23(28)29)38-25(21)37-2/h5-9,11,13-14,18H,3-4,10,12,27H2,1-2H3,(H3,28,29)(H,32,33)(H2,30,31,34). The number of aryl methyl sites for hydroxylation is 1. The van der Waals surface area contributed by atoms with Crippen LogP contribution in [-0.4, -0.2) is 50.2 Å². The molecule has 0 fully saturated rings. The molecular formula is C26H31N5O5S3. The molecule has 0 aliphatic rings. The second-order valence-electron chi connectivity index (χ2n) is 8.73. The number of thioether (sulfide) groups is 1. The normalized spacial score (nSPS) is 12.1. The number of unbranched alkanes of at least 4 members (excludes halogenated alkanes) is 1. The number of carboxylic acid groups (broad SMARTS) is 1. The molecule has 0 bridgehead atoms. The van der Waals surface area contributed by atoms with Crippen LogP contribution in [0.4, 0.5) is 10.5 Å². The summed E-state index contributed by atoms with van der Waals surface area (Å²) < 4.78 is 27.7. The number of nitrogen functional groups attached to an aromatic ring is 1. The number of thiophene rings is 1. The molecule has 39 heavy (non-hydrogen) atoms. The van der Waals surface area contributed by atoms with Gasteiger partial charge in [-0.25, -0.2) is 13.2 Å². The van der Waals surface area contributed by atoms with E-state index in [-0.39, 0.29) is 15.6 Å². The Labute approximate surface area is 235 Å². The Morgan fingerprint density at radius 2 is 1.87 bits per heavy atom. The summed E-state index contributed by atoms with van der Waals surface area (Å²) in [6, 6.07) is 12.0.